The quantitative estimate of drug-likeness (QED) is 0.696. The third-order valence-electron chi connectivity index (χ3n) is 3.69. The monoisotopic (exact) mass is 403 g/mol. The van der Waals surface area contributed by atoms with Crippen molar-refractivity contribution in [3.05, 3.63) is 41.7 Å². The first-order chi connectivity index (χ1) is 12.7. The molecule has 0 saturated carbocycles. The molecular weight excluding hydrogens is 384 g/mol. The van der Waals surface area contributed by atoms with E-state index in [9.17, 15) is 22.0 Å². The number of benzene rings is 1. The Bertz CT molecular complexity index is 928. The Morgan fingerprint density at radius 3 is 2.56 bits per heavy atom. The normalized spacial score (nSPS) is 11.5. The first-order valence-electron chi connectivity index (χ1n) is 7.67. The molecule has 2 aromatic rings. The van der Waals surface area contributed by atoms with Crippen LogP contribution in [0.3, 0.4) is 0 Å². The molecule has 0 saturated heterocycles. The minimum atomic E-state index is -3.68. The summed E-state index contributed by atoms with van der Waals surface area (Å²) in [5.74, 6) is -0.544. The number of halogens is 2. The molecular formula is C16H19F2N3O5S. The van der Waals surface area contributed by atoms with Crippen molar-refractivity contribution in [1.29, 1.82) is 0 Å². The fraction of sp³-hybridized carbons (Fsp3) is 0.312. The zero-order valence-electron chi connectivity index (χ0n) is 14.8. The lowest BCUT2D eigenvalue weighted by Crippen LogP contribution is -2.24. The summed E-state index contributed by atoms with van der Waals surface area (Å²) in [5.41, 5.74) is 0.624. The van der Waals surface area contributed by atoms with Gasteiger partial charge in [0, 0.05) is 19.8 Å². The highest BCUT2D eigenvalue weighted by Gasteiger charge is 2.19. The van der Waals surface area contributed by atoms with Gasteiger partial charge >= 0.3 is 6.61 Å². The van der Waals surface area contributed by atoms with E-state index in [1.807, 2.05) is 0 Å². The average Bonchev–Trinajstić information content (AvgIpc) is 3.02. The second kappa shape index (κ2) is 8.35. The number of hydrogen-bond donors (Lipinski definition) is 2. The summed E-state index contributed by atoms with van der Waals surface area (Å²) in [7, 11) is 0.445. The highest BCUT2D eigenvalue weighted by molar-refractivity contribution is 7.89. The second-order valence-electron chi connectivity index (χ2n) is 5.43. The molecule has 27 heavy (non-hydrogen) atoms. The van der Waals surface area contributed by atoms with Crippen LogP contribution in [0.15, 0.2) is 35.4 Å². The Hall–Kier alpha value is -2.66. The predicted molar refractivity (Wildman–Crippen MR) is 92.5 cm³/mol. The van der Waals surface area contributed by atoms with Crippen LogP contribution < -0.4 is 19.5 Å². The van der Waals surface area contributed by atoms with Crippen molar-refractivity contribution < 1.29 is 31.5 Å². The van der Waals surface area contributed by atoms with Gasteiger partial charge in [-0.25, -0.2) is 13.1 Å². The van der Waals surface area contributed by atoms with Crippen LogP contribution >= 0.6 is 0 Å². The molecule has 1 heterocycles. The molecule has 2 rings (SSSR count). The van der Waals surface area contributed by atoms with Gasteiger partial charge in [0.25, 0.3) is 5.91 Å². The number of carbonyl (C=O) groups excluding carboxylic acids is 1. The number of methoxy groups -OCH3 is 1. The minimum Gasteiger partial charge on any atom is -0.493 e. The Morgan fingerprint density at radius 2 is 1.96 bits per heavy atom. The van der Waals surface area contributed by atoms with Gasteiger partial charge in [-0.15, -0.1) is 0 Å². The Kier molecular flexibility index (Phi) is 6.39. The molecule has 0 aliphatic rings. The van der Waals surface area contributed by atoms with Gasteiger partial charge in [0.1, 0.15) is 10.6 Å². The Balaban J connectivity index is 2.14. The van der Waals surface area contributed by atoms with E-state index in [0.717, 1.165) is 0 Å². The maximum Gasteiger partial charge on any atom is 0.387 e. The molecule has 11 heteroatoms. The number of carbonyl (C=O) groups is 1. The van der Waals surface area contributed by atoms with Gasteiger partial charge in [0.05, 0.1) is 7.11 Å². The molecule has 8 nitrogen and oxygen atoms in total. The molecule has 1 aromatic heterocycles. The molecule has 1 amide bonds. The van der Waals surface area contributed by atoms with Crippen LogP contribution in [-0.2, 0) is 23.6 Å². The van der Waals surface area contributed by atoms with Crippen molar-refractivity contribution in [3.63, 3.8) is 0 Å². The number of amides is 1. The molecule has 0 unspecified atom stereocenters. The first-order valence-corrected chi connectivity index (χ1v) is 9.16. The van der Waals surface area contributed by atoms with Gasteiger partial charge in [0.15, 0.2) is 11.5 Å². The molecule has 1 aromatic carbocycles. The van der Waals surface area contributed by atoms with Gasteiger partial charge in [-0.3, -0.25) is 4.79 Å². The maximum absolute atomic E-state index is 12.5. The van der Waals surface area contributed by atoms with Crippen LogP contribution in [-0.4, -0.2) is 39.7 Å². The van der Waals surface area contributed by atoms with Crippen molar-refractivity contribution in [1.82, 2.24) is 14.6 Å². The lowest BCUT2D eigenvalue weighted by Gasteiger charge is -2.12. The number of nitrogens with one attached hydrogen (secondary N) is 2. The maximum atomic E-state index is 12.5. The van der Waals surface area contributed by atoms with Gasteiger partial charge in [-0.2, -0.15) is 8.78 Å². The van der Waals surface area contributed by atoms with E-state index >= 15 is 0 Å². The van der Waals surface area contributed by atoms with Crippen LogP contribution in [0, 0.1) is 0 Å². The molecule has 0 bridgehead atoms. The van der Waals surface area contributed by atoms with Gasteiger partial charge in [-0.05, 0) is 30.8 Å². The Morgan fingerprint density at radius 1 is 1.26 bits per heavy atom. The van der Waals surface area contributed by atoms with E-state index in [1.54, 1.807) is 6.07 Å². The molecule has 0 aliphatic carbocycles. The SMILES string of the molecule is CNS(=O)(=O)c1cc(C(=O)NCc2ccc(OC)c(OC(F)F)c2)n(C)c1. The molecule has 0 aliphatic heterocycles. The van der Waals surface area contributed by atoms with E-state index in [2.05, 4.69) is 14.8 Å². The molecule has 2 N–H and O–H groups in total. The van der Waals surface area contributed by atoms with Crippen LogP contribution in [0.4, 0.5) is 8.78 Å². The summed E-state index contributed by atoms with van der Waals surface area (Å²) in [6.45, 7) is -3.00. The summed E-state index contributed by atoms with van der Waals surface area (Å²) in [6.07, 6.45) is 1.31. The molecule has 0 fully saturated rings. The highest BCUT2D eigenvalue weighted by atomic mass is 32.2. The molecule has 148 valence electrons. The van der Waals surface area contributed by atoms with Crippen LogP contribution in [0.5, 0.6) is 11.5 Å². The summed E-state index contributed by atoms with van der Waals surface area (Å²) in [6, 6.07) is 5.59. The molecule has 0 atom stereocenters. The topological polar surface area (TPSA) is 98.7 Å². The summed E-state index contributed by atoms with van der Waals surface area (Å²) < 4.78 is 61.4. The number of aryl methyl sites for hydroxylation is 1. The fourth-order valence-electron chi connectivity index (χ4n) is 2.32. The van der Waals surface area contributed by atoms with E-state index in [-0.39, 0.29) is 28.6 Å². The number of ether oxygens (including phenoxy) is 2. The number of hydrogen-bond acceptors (Lipinski definition) is 5. The fourth-order valence-corrected chi connectivity index (χ4v) is 3.12. The zero-order valence-corrected chi connectivity index (χ0v) is 15.6. The average molecular weight is 403 g/mol. The number of sulfonamides is 1. The Labute approximate surface area is 155 Å². The van der Waals surface area contributed by atoms with Crippen LogP contribution in [0.1, 0.15) is 16.1 Å². The lowest BCUT2D eigenvalue weighted by atomic mass is 10.2. The van der Waals surface area contributed by atoms with Crippen LogP contribution in [0.2, 0.25) is 0 Å². The molecule has 0 radical (unpaired) electrons. The van der Waals surface area contributed by atoms with Gasteiger partial charge in [-0.1, -0.05) is 6.07 Å². The largest absolute Gasteiger partial charge is 0.493 e. The van der Waals surface area contributed by atoms with Crippen molar-refractivity contribution in [2.75, 3.05) is 14.2 Å². The smallest absolute Gasteiger partial charge is 0.387 e. The second-order valence-corrected chi connectivity index (χ2v) is 7.31. The predicted octanol–water partition coefficient (Wildman–Crippen LogP) is 1.47. The number of rotatable bonds is 8. The summed E-state index contributed by atoms with van der Waals surface area (Å²) >= 11 is 0. The van der Waals surface area contributed by atoms with Crippen molar-refractivity contribution in [3.8, 4) is 11.5 Å². The van der Waals surface area contributed by atoms with Gasteiger partial charge in [0.2, 0.25) is 10.0 Å². The standard InChI is InChI=1S/C16H19F2N3O5S/c1-19-27(23,24)11-7-12(21(2)9-11)15(22)20-8-10-4-5-13(25-3)14(6-10)26-16(17)18/h4-7,9,16,19H,8H2,1-3H3,(H,20,22). The van der Waals surface area contributed by atoms with Gasteiger partial charge < -0.3 is 19.4 Å². The van der Waals surface area contributed by atoms with E-state index in [4.69, 9.17) is 4.74 Å². The van der Waals surface area contributed by atoms with E-state index < -0.39 is 22.5 Å². The number of alkyl halides is 2. The number of nitrogens with zero attached hydrogens (tertiary/aromatic N) is 1. The minimum absolute atomic E-state index is 0.0156. The van der Waals surface area contributed by atoms with Crippen molar-refractivity contribution in [2.45, 2.75) is 18.1 Å². The third-order valence-corrected chi connectivity index (χ3v) is 5.07. The molecule has 0 spiro atoms. The summed E-state index contributed by atoms with van der Waals surface area (Å²) in [4.78, 5) is 12.3. The summed E-state index contributed by atoms with van der Waals surface area (Å²) in [5, 5.41) is 2.60. The van der Waals surface area contributed by atoms with Crippen molar-refractivity contribution in [2.24, 2.45) is 7.05 Å². The van der Waals surface area contributed by atoms with Crippen LogP contribution in [0.25, 0.3) is 0 Å². The first kappa shape index (κ1) is 20.6. The van der Waals surface area contributed by atoms with E-state index in [1.165, 1.54) is 50.2 Å². The third kappa shape index (κ3) is 4.95. The number of aromatic nitrogens is 1. The lowest BCUT2D eigenvalue weighted by molar-refractivity contribution is -0.0512. The highest BCUT2D eigenvalue weighted by Crippen LogP contribution is 2.29. The van der Waals surface area contributed by atoms with E-state index in [0.29, 0.717) is 5.56 Å². The van der Waals surface area contributed by atoms with Crippen molar-refractivity contribution >= 4 is 15.9 Å². The zero-order chi connectivity index (χ0) is 20.2.